The molecule has 0 saturated carbocycles. The van der Waals surface area contributed by atoms with Crippen molar-refractivity contribution < 1.29 is 18.7 Å². The monoisotopic (exact) mass is 336 g/mol. The molecule has 132 valence electrons. The van der Waals surface area contributed by atoms with Gasteiger partial charge in [0, 0.05) is 45.4 Å². The van der Waals surface area contributed by atoms with Gasteiger partial charge < -0.3 is 14.4 Å². The molecular weight excluding hydrogens is 311 g/mol. The summed E-state index contributed by atoms with van der Waals surface area (Å²) in [5.41, 5.74) is 0.158. The van der Waals surface area contributed by atoms with Crippen LogP contribution in [0.15, 0.2) is 24.3 Å². The molecule has 0 radical (unpaired) electrons. The minimum absolute atomic E-state index is 0.117. The topological polar surface area (TPSA) is 42.0 Å². The first-order valence-electron chi connectivity index (χ1n) is 8.69. The van der Waals surface area contributed by atoms with Crippen molar-refractivity contribution in [1.82, 2.24) is 9.80 Å². The van der Waals surface area contributed by atoms with Crippen LogP contribution in [-0.2, 0) is 9.47 Å². The third-order valence-electron chi connectivity index (χ3n) is 4.76. The molecule has 2 fully saturated rings. The first-order chi connectivity index (χ1) is 11.8. The highest BCUT2D eigenvalue weighted by atomic mass is 19.1. The second-order valence-corrected chi connectivity index (χ2v) is 6.28. The lowest BCUT2D eigenvalue weighted by Crippen LogP contribution is -2.48. The van der Waals surface area contributed by atoms with E-state index in [2.05, 4.69) is 4.90 Å². The highest BCUT2D eigenvalue weighted by Crippen LogP contribution is 2.19. The van der Waals surface area contributed by atoms with E-state index in [1.165, 1.54) is 6.07 Å². The third kappa shape index (κ3) is 4.32. The minimum Gasteiger partial charge on any atom is -0.381 e. The van der Waals surface area contributed by atoms with Crippen LogP contribution >= 0.6 is 0 Å². The van der Waals surface area contributed by atoms with Crippen LogP contribution in [0.25, 0.3) is 0 Å². The molecule has 0 aromatic heterocycles. The third-order valence-corrected chi connectivity index (χ3v) is 4.76. The van der Waals surface area contributed by atoms with Gasteiger partial charge in [-0.05, 0) is 25.0 Å². The zero-order valence-corrected chi connectivity index (χ0v) is 14.0. The van der Waals surface area contributed by atoms with Gasteiger partial charge in [-0.1, -0.05) is 12.1 Å². The number of carbonyl (C=O) groups excluding carboxylic acids is 1. The Labute approximate surface area is 142 Å². The van der Waals surface area contributed by atoms with Crippen LogP contribution in [-0.4, -0.2) is 74.4 Å². The fourth-order valence-corrected chi connectivity index (χ4v) is 3.31. The summed E-state index contributed by atoms with van der Waals surface area (Å²) in [6.45, 7) is 5.95. The van der Waals surface area contributed by atoms with Crippen LogP contribution in [0.2, 0.25) is 0 Å². The number of benzene rings is 1. The molecule has 1 aromatic rings. The number of nitrogens with zero attached hydrogens (tertiary/aromatic N) is 2. The van der Waals surface area contributed by atoms with Crippen LogP contribution in [0.3, 0.4) is 0 Å². The van der Waals surface area contributed by atoms with Crippen molar-refractivity contribution in [2.75, 3.05) is 52.6 Å². The van der Waals surface area contributed by atoms with Crippen LogP contribution in [0.1, 0.15) is 23.2 Å². The summed E-state index contributed by atoms with van der Waals surface area (Å²) in [6, 6.07) is 6.35. The molecule has 0 bridgehead atoms. The summed E-state index contributed by atoms with van der Waals surface area (Å²) in [6.07, 6.45) is 1.62. The summed E-state index contributed by atoms with van der Waals surface area (Å²) in [5, 5.41) is 0. The molecule has 2 aliphatic rings. The van der Waals surface area contributed by atoms with Gasteiger partial charge in [-0.3, -0.25) is 9.69 Å². The summed E-state index contributed by atoms with van der Waals surface area (Å²) < 4.78 is 24.8. The van der Waals surface area contributed by atoms with Gasteiger partial charge in [0.05, 0.1) is 18.8 Å². The molecule has 0 aliphatic carbocycles. The molecule has 2 saturated heterocycles. The van der Waals surface area contributed by atoms with E-state index in [1.807, 2.05) is 4.90 Å². The summed E-state index contributed by atoms with van der Waals surface area (Å²) >= 11 is 0. The zero-order valence-electron chi connectivity index (χ0n) is 14.0. The lowest BCUT2D eigenvalue weighted by atomic mass is 10.0. The smallest absolute Gasteiger partial charge is 0.257 e. The van der Waals surface area contributed by atoms with Crippen molar-refractivity contribution >= 4 is 5.91 Å². The van der Waals surface area contributed by atoms with E-state index >= 15 is 0 Å². The van der Waals surface area contributed by atoms with Gasteiger partial charge in [0.1, 0.15) is 5.82 Å². The van der Waals surface area contributed by atoms with E-state index in [0.29, 0.717) is 19.8 Å². The quantitative estimate of drug-likeness (QED) is 0.822. The average Bonchev–Trinajstić information content (AvgIpc) is 2.64. The first kappa shape index (κ1) is 17.3. The van der Waals surface area contributed by atoms with Crippen molar-refractivity contribution in [1.29, 1.82) is 0 Å². The van der Waals surface area contributed by atoms with E-state index in [-0.39, 0.29) is 17.5 Å². The Kier molecular flexibility index (Phi) is 6.18. The van der Waals surface area contributed by atoms with Gasteiger partial charge in [0.25, 0.3) is 5.91 Å². The number of morpholine rings is 1. The van der Waals surface area contributed by atoms with Crippen LogP contribution in [0.4, 0.5) is 4.39 Å². The minimum atomic E-state index is -0.453. The average molecular weight is 336 g/mol. The maximum atomic E-state index is 14.1. The van der Waals surface area contributed by atoms with Crippen molar-refractivity contribution in [3.63, 3.8) is 0 Å². The molecule has 24 heavy (non-hydrogen) atoms. The van der Waals surface area contributed by atoms with Crippen molar-refractivity contribution in [3.05, 3.63) is 35.6 Å². The molecule has 0 atom stereocenters. The Morgan fingerprint density at radius 1 is 1.12 bits per heavy atom. The number of amides is 1. The Bertz CT molecular complexity index is 543. The Balaban J connectivity index is 1.71. The second kappa shape index (κ2) is 8.55. The van der Waals surface area contributed by atoms with Gasteiger partial charge in [0.2, 0.25) is 0 Å². The SMILES string of the molecule is O=C(c1ccccc1F)N(CCN1CCOCC1)C1CCOCC1. The predicted octanol–water partition coefficient (Wildman–Crippen LogP) is 1.78. The molecule has 6 heteroatoms. The largest absolute Gasteiger partial charge is 0.381 e. The molecule has 1 aromatic carbocycles. The molecule has 2 heterocycles. The number of hydrogen-bond acceptors (Lipinski definition) is 4. The molecule has 2 aliphatic heterocycles. The van der Waals surface area contributed by atoms with Gasteiger partial charge in [-0.25, -0.2) is 4.39 Å². The highest BCUT2D eigenvalue weighted by Gasteiger charge is 2.28. The van der Waals surface area contributed by atoms with Crippen molar-refractivity contribution in [3.8, 4) is 0 Å². The lowest BCUT2D eigenvalue weighted by molar-refractivity contribution is 0.0139. The zero-order chi connectivity index (χ0) is 16.8. The van der Waals surface area contributed by atoms with Crippen LogP contribution in [0.5, 0.6) is 0 Å². The Morgan fingerprint density at radius 3 is 2.50 bits per heavy atom. The second-order valence-electron chi connectivity index (χ2n) is 6.28. The summed E-state index contributed by atoms with van der Waals surface area (Å²) in [5.74, 6) is -0.667. The molecule has 1 amide bonds. The fraction of sp³-hybridized carbons (Fsp3) is 0.611. The molecular formula is C18H25FN2O3. The number of ether oxygens (including phenoxy) is 2. The normalized spacial score (nSPS) is 20.0. The molecule has 3 rings (SSSR count). The summed E-state index contributed by atoms with van der Waals surface area (Å²) in [7, 11) is 0. The van der Waals surface area contributed by atoms with E-state index in [9.17, 15) is 9.18 Å². The van der Waals surface area contributed by atoms with E-state index in [4.69, 9.17) is 9.47 Å². The lowest BCUT2D eigenvalue weighted by Gasteiger charge is -2.36. The van der Waals surface area contributed by atoms with Crippen molar-refractivity contribution in [2.45, 2.75) is 18.9 Å². The van der Waals surface area contributed by atoms with E-state index < -0.39 is 5.82 Å². The standard InChI is InChI=1S/C18H25FN2O3/c19-17-4-2-1-3-16(17)18(22)21(15-5-11-23-12-6-15)8-7-20-9-13-24-14-10-20/h1-4,15H,5-14H2. The number of carbonyl (C=O) groups is 1. The molecule has 5 nitrogen and oxygen atoms in total. The Morgan fingerprint density at radius 2 is 1.79 bits per heavy atom. The van der Waals surface area contributed by atoms with Crippen LogP contribution < -0.4 is 0 Å². The van der Waals surface area contributed by atoms with E-state index in [0.717, 1.165) is 45.7 Å². The summed E-state index contributed by atoms with van der Waals surface area (Å²) in [4.78, 5) is 17.1. The maximum absolute atomic E-state index is 14.1. The molecule has 0 spiro atoms. The number of hydrogen-bond donors (Lipinski definition) is 0. The first-order valence-corrected chi connectivity index (χ1v) is 8.69. The fourth-order valence-electron chi connectivity index (χ4n) is 3.31. The van der Waals surface area contributed by atoms with Crippen LogP contribution in [0, 0.1) is 5.82 Å². The number of halogens is 1. The van der Waals surface area contributed by atoms with Gasteiger partial charge in [-0.2, -0.15) is 0 Å². The van der Waals surface area contributed by atoms with Gasteiger partial charge in [-0.15, -0.1) is 0 Å². The highest BCUT2D eigenvalue weighted by molar-refractivity contribution is 5.94. The van der Waals surface area contributed by atoms with E-state index in [1.54, 1.807) is 18.2 Å². The van der Waals surface area contributed by atoms with Crippen molar-refractivity contribution in [2.24, 2.45) is 0 Å². The maximum Gasteiger partial charge on any atom is 0.257 e. The Hall–Kier alpha value is -1.50. The van der Waals surface area contributed by atoms with Gasteiger partial charge in [0.15, 0.2) is 0 Å². The number of rotatable bonds is 5. The molecule has 0 N–H and O–H groups in total. The molecule has 0 unspecified atom stereocenters. The predicted molar refractivity (Wildman–Crippen MR) is 88.5 cm³/mol. The van der Waals surface area contributed by atoms with Gasteiger partial charge >= 0.3 is 0 Å².